The zero-order chi connectivity index (χ0) is 12.8. The van der Waals surface area contributed by atoms with E-state index < -0.39 is 28.4 Å². The molecule has 0 radical (unpaired) electrons. The number of carbonyl (C=O) groups is 2. The molecule has 0 aromatic heterocycles. The standard InChI is InChI=1S/C7H14N2O6S/c1-9(3-4-16(2,13)14)7(12)8-15-5-6(10)11/h3-5H2,1-2H3,(H,8,12)(H,10,11). The average Bonchev–Trinajstić information content (AvgIpc) is 2.12. The Kier molecular flexibility index (Phi) is 5.75. The molecule has 0 heterocycles. The molecule has 2 amide bonds. The molecule has 2 N–H and O–H groups in total. The summed E-state index contributed by atoms with van der Waals surface area (Å²) < 4.78 is 21.6. The monoisotopic (exact) mass is 254 g/mol. The summed E-state index contributed by atoms with van der Waals surface area (Å²) in [5, 5.41) is 8.21. The number of hydroxylamine groups is 1. The van der Waals surface area contributed by atoms with Gasteiger partial charge in [0.1, 0.15) is 9.84 Å². The Balaban J connectivity index is 3.86. The van der Waals surface area contributed by atoms with Crippen LogP contribution in [0.2, 0.25) is 0 Å². The number of rotatable bonds is 6. The second-order valence-corrected chi connectivity index (χ2v) is 5.40. The lowest BCUT2D eigenvalue weighted by molar-refractivity contribution is -0.144. The van der Waals surface area contributed by atoms with E-state index in [1.165, 1.54) is 7.05 Å². The van der Waals surface area contributed by atoms with Crippen molar-refractivity contribution >= 4 is 21.8 Å². The number of nitrogens with zero attached hydrogens (tertiary/aromatic N) is 1. The summed E-state index contributed by atoms with van der Waals surface area (Å²) in [7, 11) is -1.78. The number of carbonyl (C=O) groups excluding carboxylic acids is 1. The van der Waals surface area contributed by atoms with Gasteiger partial charge in [-0.25, -0.2) is 23.5 Å². The van der Waals surface area contributed by atoms with Crippen molar-refractivity contribution < 1.29 is 28.0 Å². The number of nitrogens with one attached hydrogen (secondary N) is 1. The van der Waals surface area contributed by atoms with Crippen LogP contribution in [0.1, 0.15) is 0 Å². The number of carboxylic acid groups (broad SMARTS) is 1. The first-order valence-electron chi connectivity index (χ1n) is 4.25. The molecule has 0 saturated heterocycles. The van der Waals surface area contributed by atoms with Crippen LogP contribution < -0.4 is 5.48 Å². The van der Waals surface area contributed by atoms with E-state index >= 15 is 0 Å². The van der Waals surface area contributed by atoms with Gasteiger partial charge in [0.25, 0.3) is 0 Å². The van der Waals surface area contributed by atoms with Crippen molar-refractivity contribution in [2.75, 3.05) is 32.2 Å². The van der Waals surface area contributed by atoms with Gasteiger partial charge in [0.15, 0.2) is 6.61 Å². The van der Waals surface area contributed by atoms with Gasteiger partial charge in [-0.3, -0.25) is 4.84 Å². The minimum Gasteiger partial charge on any atom is -0.479 e. The SMILES string of the molecule is CN(CCS(C)(=O)=O)C(=O)NOCC(=O)O. The van der Waals surface area contributed by atoms with Gasteiger partial charge < -0.3 is 10.0 Å². The Morgan fingerprint density at radius 1 is 1.44 bits per heavy atom. The van der Waals surface area contributed by atoms with Crippen LogP contribution >= 0.6 is 0 Å². The highest BCUT2D eigenvalue weighted by Crippen LogP contribution is 1.89. The largest absolute Gasteiger partial charge is 0.479 e. The molecule has 16 heavy (non-hydrogen) atoms. The number of aliphatic carboxylic acids is 1. The maximum atomic E-state index is 11.1. The van der Waals surface area contributed by atoms with Crippen LogP contribution in [0.5, 0.6) is 0 Å². The molecule has 94 valence electrons. The summed E-state index contributed by atoms with van der Waals surface area (Å²) in [5.41, 5.74) is 1.86. The Hall–Kier alpha value is -1.35. The first kappa shape index (κ1) is 14.6. The maximum Gasteiger partial charge on any atom is 0.341 e. The summed E-state index contributed by atoms with van der Waals surface area (Å²) in [6.07, 6.45) is 1.06. The van der Waals surface area contributed by atoms with Crippen molar-refractivity contribution in [1.82, 2.24) is 10.4 Å². The van der Waals surface area contributed by atoms with Crippen molar-refractivity contribution in [1.29, 1.82) is 0 Å². The predicted molar refractivity (Wildman–Crippen MR) is 54.5 cm³/mol. The molecule has 0 bridgehead atoms. The lowest BCUT2D eigenvalue weighted by atomic mass is 10.6. The van der Waals surface area contributed by atoms with Gasteiger partial charge in [0, 0.05) is 19.8 Å². The fourth-order valence-corrected chi connectivity index (χ4v) is 1.25. The van der Waals surface area contributed by atoms with E-state index in [1.807, 2.05) is 5.48 Å². The molecular formula is C7H14N2O6S. The number of hydrogen-bond donors (Lipinski definition) is 2. The van der Waals surface area contributed by atoms with E-state index in [-0.39, 0.29) is 12.3 Å². The molecule has 0 aromatic rings. The van der Waals surface area contributed by atoms with Crippen molar-refractivity contribution in [2.24, 2.45) is 0 Å². The Morgan fingerprint density at radius 2 is 2.00 bits per heavy atom. The van der Waals surface area contributed by atoms with Gasteiger partial charge >= 0.3 is 12.0 Å². The first-order chi connectivity index (χ1) is 7.22. The van der Waals surface area contributed by atoms with Gasteiger partial charge in [0.05, 0.1) is 5.75 Å². The van der Waals surface area contributed by atoms with Gasteiger partial charge in [-0.05, 0) is 0 Å². The second kappa shape index (κ2) is 6.28. The molecule has 0 rings (SSSR count). The number of sulfone groups is 1. The molecule has 0 aromatic carbocycles. The molecule has 8 nitrogen and oxygen atoms in total. The molecule has 0 spiro atoms. The summed E-state index contributed by atoms with van der Waals surface area (Å²) in [6, 6.07) is -0.704. The summed E-state index contributed by atoms with van der Waals surface area (Å²) >= 11 is 0. The third-order valence-corrected chi connectivity index (χ3v) is 2.42. The minimum absolute atomic E-state index is 0.00109. The van der Waals surface area contributed by atoms with Crippen LogP contribution in [0.4, 0.5) is 4.79 Å². The molecule has 0 aliphatic rings. The van der Waals surface area contributed by atoms with E-state index in [1.54, 1.807) is 0 Å². The third kappa shape index (κ3) is 8.00. The van der Waals surface area contributed by atoms with Crippen LogP contribution in [-0.2, 0) is 19.5 Å². The highest BCUT2D eigenvalue weighted by Gasteiger charge is 2.11. The number of hydrogen-bond acceptors (Lipinski definition) is 5. The molecule has 9 heteroatoms. The van der Waals surface area contributed by atoms with E-state index in [0.29, 0.717) is 0 Å². The van der Waals surface area contributed by atoms with Gasteiger partial charge in [-0.1, -0.05) is 0 Å². The average molecular weight is 254 g/mol. The van der Waals surface area contributed by atoms with Crippen molar-refractivity contribution in [3.05, 3.63) is 0 Å². The fraction of sp³-hybridized carbons (Fsp3) is 0.714. The zero-order valence-electron chi connectivity index (χ0n) is 8.97. The molecule has 0 fully saturated rings. The van der Waals surface area contributed by atoms with Crippen LogP contribution in [0, 0.1) is 0 Å². The van der Waals surface area contributed by atoms with Crippen molar-refractivity contribution in [3.8, 4) is 0 Å². The summed E-state index contributed by atoms with van der Waals surface area (Å²) in [4.78, 5) is 26.6. The predicted octanol–water partition coefficient (Wildman–Crippen LogP) is -1.31. The Morgan fingerprint density at radius 3 is 2.44 bits per heavy atom. The quantitative estimate of drug-likeness (QED) is 0.569. The number of amides is 2. The van der Waals surface area contributed by atoms with Crippen LogP contribution in [0.3, 0.4) is 0 Å². The number of carboxylic acids is 1. The first-order valence-corrected chi connectivity index (χ1v) is 6.31. The normalized spacial score (nSPS) is 10.9. The highest BCUT2D eigenvalue weighted by molar-refractivity contribution is 7.90. The molecule has 0 aliphatic heterocycles. The fourth-order valence-electron chi connectivity index (χ4n) is 0.642. The van der Waals surface area contributed by atoms with E-state index in [0.717, 1.165) is 11.2 Å². The molecule has 0 aliphatic carbocycles. The van der Waals surface area contributed by atoms with Crippen LogP contribution in [0.15, 0.2) is 0 Å². The van der Waals surface area contributed by atoms with Crippen LogP contribution in [-0.4, -0.2) is 62.6 Å². The zero-order valence-corrected chi connectivity index (χ0v) is 9.78. The van der Waals surface area contributed by atoms with Crippen molar-refractivity contribution in [3.63, 3.8) is 0 Å². The summed E-state index contributed by atoms with van der Waals surface area (Å²) in [5.74, 6) is -1.39. The Bertz CT molecular complexity index is 352. The van der Waals surface area contributed by atoms with E-state index in [4.69, 9.17) is 5.11 Å². The third-order valence-electron chi connectivity index (χ3n) is 1.50. The molecule has 0 saturated carbocycles. The van der Waals surface area contributed by atoms with E-state index in [9.17, 15) is 18.0 Å². The topological polar surface area (TPSA) is 113 Å². The summed E-state index contributed by atoms with van der Waals surface area (Å²) in [6.45, 7) is -0.660. The molecule has 0 unspecified atom stereocenters. The van der Waals surface area contributed by atoms with Crippen LogP contribution in [0.25, 0.3) is 0 Å². The molecular weight excluding hydrogens is 240 g/mol. The van der Waals surface area contributed by atoms with Gasteiger partial charge in [-0.15, -0.1) is 0 Å². The smallest absolute Gasteiger partial charge is 0.341 e. The highest BCUT2D eigenvalue weighted by atomic mass is 32.2. The minimum atomic E-state index is -3.14. The van der Waals surface area contributed by atoms with Gasteiger partial charge in [-0.2, -0.15) is 0 Å². The lowest BCUT2D eigenvalue weighted by Gasteiger charge is -2.16. The number of urea groups is 1. The van der Waals surface area contributed by atoms with Crippen molar-refractivity contribution in [2.45, 2.75) is 0 Å². The lowest BCUT2D eigenvalue weighted by Crippen LogP contribution is -2.40. The second-order valence-electron chi connectivity index (χ2n) is 3.14. The van der Waals surface area contributed by atoms with E-state index in [2.05, 4.69) is 4.84 Å². The Labute approximate surface area is 93.0 Å². The van der Waals surface area contributed by atoms with Gasteiger partial charge in [0.2, 0.25) is 0 Å². The molecule has 0 atom stereocenters. The maximum absolute atomic E-state index is 11.1.